The minimum atomic E-state index is -0.142. The molecule has 6 heteroatoms. The Morgan fingerprint density at radius 3 is 3.15 bits per heavy atom. The molecule has 2 heterocycles. The molecule has 0 bridgehead atoms. The number of rotatable bonds is 2. The molecule has 2 aromatic rings. The minimum absolute atomic E-state index is 0.00956. The lowest BCUT2D eigenvalue weighted by molar-refractivity contribution is -0.117. The van der Waals surface area contributed by atoms with E-state index in [-0.39, 0.29) is 11.9 Å². The summed E-state index contributed by atoms with van der Waals surface area (Å²) < 4.78 is 0. The predicted molar refractivity (Wildman–Crippen MR) is 84.5 cm³/mol. The summed E-state index contributed by atoms with van der Waals surface area (Å²) in [5.74, 6) is 1.84. The van der Waals surface area contributed by atoms with E-state index in [0.29, 0.717) is 10.5 Å². The molecule has 1 aliphatic rings. The standard InChI is InChI=1S/C14H14ClN3OS/c15-10-3-4-11(9-2-1-5-17-13(9)10)18-14(19)12-8-20-7-6-16-12/h1-5,12,16H,6-8H2,(H,18,19). The van der Waals surface area contributed by atoms with E-state index in [1.54, 1.807) is 24.0 Å². The Hall–Kier alpha value is -1.30. The molecule has 1 amide bonds. The quantitative estimate of drug-likeness (QED) is 0.895. The first kappa shape index (κ1) is 13.7. The van der Waals surface area contributed by atoms with Gasteiger partial charge in [0, 0.05) is 29.6 Å². The molecule has 1 atom stereocenters. The molecular weight excluding hydrogens is 294 g/mol. The average Bonchev–Trinajstić information content (AvgIpc) is 2.51. The zero-order valence-electron chi connectivity index (χ0n) is 10.7. The van der Waals surface area contributed by atoms with Gasteiger partial charge in [0.1, 0.15) is 0 Å². The van der Waals surface area contributed by atoms with E-state index < -0.39 is 0 Å². The van der Waals surface area contributed by atoms with E-state index in [9.17, 15) is 4.79 Å². The topological polar surface area (TPSA) is 54.0 Å². The van der Waals surface area contributed by atoms with Crippen molar-refractivity contribution in [3.63, 3.8) is 0 Å². The Morgan fingerprint density at radius 1 is 1.45 bits per heavy atom. The third-order valence-electron chi connectivity index (χ3n) is 3.22. The van der Waals surface area contributed by atoms with Crippen molar-refractivity contribution in [2.45, 2.75) is 6.04 Å². The van der Waals surface area contributed by atoms with Crippen molar-refractivity contribution in [2.75, 3.05) is 23.4 Å². The van der Waals surface area contributed by atoms with Gasteiger partial charge >= 0.3 is 0 Å². The third-order valence-corrected chi connectivity index (χ3v) is 4.58. The monoisotopic (exact) mass is 307 g/mol. The van der Waals surface area contributed by atoms with Gasteiger partial charge in [0.25, 0.3) is 0 Å². The van der Waals surface area contributed by atoms with Gasteiger partial charge in [-0.25, -0.2) is 0 Å². The number of nitrogens with zero attached hydrogens (tertiary/aromatic N) is 1. The van der Waals surface area contributed by atoms with Crippen LogP contribution in [0, 0.1) is 0 Å². The van der Waals surface area contributed by atoms with Crippen molar-refractivity contribution in [3.8, 4) is 0 Å². The number of carbonyl (C=O) groups excluding carboxylic acids is 1. The normalized spacial score (nSPS) is 18.9. The molecule has 20 heavy (non-hydrogen) atoms. The second kappa shape index (κ2) is 5.99. The fourth-order valence-electron chi connectivity index (χ4n) is 2.20. The first-order valence-electron chi connectivity index (χ1n) is 6.41. The van der Waals surface area contributed by atoms with Crippen molar-refractivity contribution in [1.82, 2.24) is 10.3 Å². The van der Waals surface area contributed by atoms with Gasteiger partial charge in [-0.3, -0.25) is 9.78 Å². The lowest BCUT2D eigenvalue weighted by Gasteiger charge is -2.22. The maximum Gasteiger partial charge on any atom is 0.242 e. The summed E-state index contributed by atoms with van der Waals surface area (Å²) in [5, 5.41) is 7.64. The van der Waals surface area contributed by atoms with Gasteiger partial charge in [0.2, 0.25) is 5.91 Å². The van der Waals surface area contributed by atoms with Gasteiger partial charge in [-0.05, 0) is 24.3 Å². The molecule has 0 aliphatic carbocycles. The minimum Gasteiger partial charge on any atom is -0.324 e. The number of hydrogen-bond donors (Lipinski definition) is 2. The van der Waals surface area contributed by atoms with Crippen LogP contribution in [0.25, 0.3) is 10.9 Å². The van der Waals surface area contributed by atoms with Crippen molar-refractivity contribution in [2.24, 2.45) is 0 Å². The van der Waals surface area contributed by atoms with E-state index >= 15 is 0 Å². The molecule has 0 saturated carbocycles. The Morgan fingerprint density at radius 2 is 2.35 bits per heavy atom. The highest BCUT2D eigenvalue weighted by atomic mass is 35.5. The molecule has 0 radical (unpaired) electrons. The third kappa shape index (κ3) is 2.75. The van der Waals surface area contributed by atoms with Gasteiger partial charge in [-0.1, -0.05) is 11.6 Å². The largest absolute Gasteiger partial charge is 0.324 e. The van der Waals surface area contributed by atoms with Crippen LogP contribution in [0.5, 0.6) is 0 Å². The number of carbonyl (C=O) groups is 1. The molecule has 104 valence electrons. The molecule has 2 N–H and O–H groups in total. The molecule has 1 fully saturated rings. The summed E-state index contributed by atoms with van der Waals surface area (Å²) in [5.41, 5.74) is 1.46. The Kier molecular flexibility index (Phi) is 4.10. The first-order valence-corrected chi connectivity index (χ1v) is 7.94. The van der Waals surface area contributed by atoms with Crippen LogP contribution in [-0.4, -0.2) is 35.0 Å². The lowest BCUT2D eigenvalue weighted by atomic mass is 10.1. The summed E-state index contributed by atoms with van der Waals surface area (Å²) >= 11 is 7.91. The lowest BCUT2D eigenvalue weighted by Crippen LogP contribution is -2.46. The summed E-state index contributed by atoms with van der Waals surface area (Å²) in [6.45, 7) is 0.867. The molecule has 0 spiro atoms. The molecule has 1 saturated heterocycles. The van der Waals surface area contributed by atoms with Crippen LogP contribution in [0.4, 0.5) is 5.69 Å². The maximum atomic E-state index is 12.3. The maximum absolute atomic E-state index is 12.3. The second-order valence-corrected chi connectivity index (χ2v) is 6.12. The van der Waals surface area contributed by atoms with E-state index in [1.165, 1.54) is 0 Å². The van der Waals surface area contributed by atoms with Crippen LogP contribution in [0.2, 0.25) is 5.02 Å². The van der Waals surface area contributed by atoms with Crippen molar-refractivity contribution < 1.29 is 4.79 Å². The Balaban J connectivity index is 1.87. The molecule has 1 aliphatic heterocycles. The zero-order chi connectivity index (χ0) is 13.9. The second-order valence-electron chi connectivity index (χ2n) is 4.57. The van der Waals surface area contributed by atoms with E-state index in [1.807, 2.05) is 18.2 Å². The van der Waals surface area contributed by atoms with Gasteiger partial charge < -0.3 is 10.6 Å². The number of pyridine rings is 1. The van der Waals surface area contributed by atoms with E-state index in [0.717, 1.165) is 29.1 Å². The summed E-state index contributed by atoms with van der Waals surface area (Å²) in [6, 6.07) is 7.18. The number of anilines is 1. The average molecular weight is 308 g/mol. The number of hydrogen-bond acceptors (Lipinski definition) is 4. The number of halogens is 1. The number of benzene rings is 1. The van der Waals surface area contributed by atoms with E-state index in [2.05, 4.69) is 15.6 Å². The fraction of sp³-hybridized carbons (Fsp3) is 0.286. The summed E-state index contributed by atoms with van der Waals surface area (Å²) in [7, 11) is 0. The van der Waals surface area contributed by atoms with Crippen LogP contribution in [-0.2, 0) is 4.79 Å². The molecular formula is C14H14ClN3OS. The summed E-state index contributed by atoms with van der Waals surface area (Å²) in [4.78, 5) is 16.5. The highest BCUT2D eigenvalue weighted by Gasteiger charge is 2.21. The molecule has 1 aromatic heterocycles. The zero-order valence-corrected chi connectivity index (χ0v) is 12.3. The number of aromatic nitrogens is 1. The molecule has 1 unspecified atom stereocenters. The van der Waals surface area contributed by atoms with Crippen LogP contribution in [0.1, 0.15) is 0 Å². The highest BCUT2D eigenvalue weighted by Crippen LogP contribution is 2.28. The number of nitrogens with one attached hydrogen (secondary N) is 2. The number of amides is 1. The molecule has 4 nitrogen and oxygen atoms in total. The van der Waals surface area contributed by atoms with E-state index in [4.69, 9.17) is 11.6 Å². The smallest absolute Gasteiger partial charge is 0.242 e. The fourth-order valence-corrected chi connectivity index (χ4v) is 3.35. The van der Waals surface area contributed by atoms with Crippen molar-refractivity contribution >= 4 is 45.9 Å². The number of fused-ring (bicyclic) bond motifs is 1. The van der Waals surface area contributed by atoms with Gasteiger partial charge in [0.15, 0.2) is 0 Å². The number of thioether (sulfide) groups is 1. The molecule has 3 rings (SSSR count). The van der Waals surface area contributed by atoms with Gasteiger partial charge in [-0.2, -0.15) is 11.8 Å². The van der Waals surface area contributed by atoms with Crippen LogP contribution >= 0.6 is 23.4 Å². The summed E-state index contributed by atoms with van der Waals surface area (Å²) in [6.07, 6.45) is 1.69. The van der Waals surface area contributed by atoms with Crippen molar-refractivity contribution in [3.05, 3.63) is 35.5 Å². The Labute approximate surface area is 126 Å². The van der Waals surface area contributed by atoms with Gasteiger partial charge in [0.05, 0.1) is 22.3 Å². The van der Waals surface area contributed by atoms with Crippen LogP contribution < -0.4 is 10.6 Å². The van der Waals surface area contributed by atoms with Gasteiger partial charge in [-0.15, -0.1) is 0 Å². The van der Waals surface area contributed by atoms with Crippen LogP contribution in [0.15, 0.2) is 30.5 Å². The van der Waals surface area contributed by atoms with Crippen molar-refractivity contribution in [1.29, 1.82) is 0 Å². The highest BCUT2D eigenvalue weighted by molar-refractivity contribution is 7.99. The first-order chi connectivity index (χ1) is 9.75. The Bertz CT molecular complexity index is 643. The molecule has 1 aromatic carbocycles. The van der Waals surface area contributed by atoms with Crippen LogP contribution in [0.3, 0.4) is 0 Å². The predicted octanol–water partition coefficient (Wildman–Crippen LogP) is 2.53. The SMILES string of the molecule is O=C(Nc1ccc(Cl)c2ncccc12)C1CSCCN1.